The van der Waals surface area contributed by atoms with Gasteiger partial charge in [-0.05, 0) is 80.9 Å². The molecule has 0 aliphatic heterocycles. The van der Waals surface area contributed by atoms with Crippen molar-refractivity contribution in [3.63, 3.8) is 0 Å². The van der Waals surface area contributed by atoms with Crippen LogP contribution >= 0.6 is 0 Å². The minimum Gasteiger partial charge on any atom is -0.496 e. The van der Waals surface area contributed by atoms with Gasteiger partial charge in [0.2, 0.25) is 5.91 Å². The summed E-state index contributed by atoms with van der Waals surface area (Å²) in [6.45, 7) is 0.474. The quantitative estimate of drug-likeness (QED) is 0.765. The third-order valence-corrected chi connectivity index (χ3v) is 7.66. The van der Waals surface area contributed by atoms with E-state index in [2.05, 4.69) is 10.3 Å². The van der Waals surface area contributed by atoms with Gasteiger partial charge in [-0.15, -0.1) is 0 Å². The number of methoxy groups -OCH3 is 2. The monoisotopic (exact) mass is 410 g/mol. The van der Waals surface area contributed by atoms with Gasteiger partial charge < -0.3 is 19.8 Å². The first kappa shape index (κ1) is 19.5. The molecule has 6 nitrogen and oxygen atoms in total. The number of rotatable bonds is 6. The normalized spacial score (nSPS) is 29.2. The van der Waals surface area contributed by atoms with Crippen LogP contribution in [-0.2, 0) is 11.2 Å². The van der Waals surface area contributed by atoms with Crippen LogP contribution in [0.3, 0.4) is 0 Å². The second-order valence-electron chi connectivity index (χ2n) is 9.59. The van der Waals surface area contributed by atoms with Gasteiger partial charge in [0.15, 0.2) is 0 Å². The number of aromatic nitrogens is 1. The molecule has 4 aliphatic carbocycles. The zero-order valence-electron chi connectivity index (χ0n) is 17.8. The lowest BCUT2D eigenvalue weighted by atomic mass is 9.49. The highest BCUT2D eigenvalue weighted by Crippen LogP contribution is 2.60. The summed E-state index contributed by atoms with van der Waals surface area (Å²) in [5.74, 6) is 3.72. The number of nitrogens with one attached hydrogen (secondary N) is 2. The van der Waals surface area contributed by atoms with Crippen LogP contribution in [0.25, 0.3) is 10.9 Å². The first-order valence-electron chi connectivity index (χ1n) is 11.1. The van der Waals surface area contributed by atoms with Gasteiger partial charge in [0.1, 0.15) is 11.5 Å². The Bertz CT molecular complexity index is 1010. The van der Waals surface area contributed by atoms with E-state index in [4.69, 9.17) is 9.47 Å². The Balaban J connectivity index is 1.31. The lowest BCUT2D eigenvalue weighted by molar-refractivity contribution is -0.146. The molecule has 0 saturated heterocycles. The average Bonchev–Trinajstić information content (AvgIpc) is 2.72. The van der Waals surface area contributed by atoms with E-state index < -0.39 is 0 Å². The van der Waals surface area contributed by atoms with Crippen molar-refractivity contribution in [2.45, 2.75) is 44.9 Å². The van der Waals surface area contributed by atoms with Crippen molar-refractivity contribution in [3.8, 4) is 11.5 Å². The van der Waals surface area contributed by atoms with Crippen LogP contribution in [0.2, 0.25) is 0 Å². The number of H-pyrrole nitrogens is 1. The summed E-state index contributed by atoms with van der Waals surface area (Å²) in [5, 5.41) is 3.97. The molecule has 0 spiro atoms. The van der Waals surface area contributed by atoms with Crippen LogP contribution in [0.1, 0.15) is 44.1 Å². The number of hydrogen-bond acceptors (Lipinski definition) is 4. The number of ether oxygens (including phenoxy) is 2. The molecule has 4 fully saturated rings. The number of carbonyl (C=O) groups is 1. The first-order chi connectivity index (χ1) is 14.5. The third kappa shape index (κ3) is 3.17. The van der Waals surface area contributed by atoms with Crippen LogP contribution in [0.5, 0.6) is 11.5 Å². The Morgan fingerprint density at radius 2 is 1.67 bits per heavy atom. The van der Waals surface area contributed by atoms with Gasteiger partial charge in [0.05, 0.1) is 19.7 Å². The molecule has 6 heteroatoms. The predicted octanol–water partition coefficient (Wildman–Crippen LogP) is 3.42. The maximum Gasteiger partial charge on any atom is 0.251 e. The largest absolute Gasteiger partial charge is 0.496 e. The van der Waals surface area contributed by atoms with Crippen molar-refractivity contribution in [2.75, 3.05) is 20.8 Å². The van der Waals surface area contributed by atoms with E-state index >= 15 is 0 Å². The van der Waals surface area contributed by atoms with Crippen molar-refractivity contribution in [2.24, 2.45) is 23.2 Å². The fraction of sp³-hybridized carbons (Fsp3) is 0.583. The van der Waals surface area contributed by atoms with E-state index in [1.807, 2.05) is 12.1 Å². The SMILES string of the molecule is COc1ccc(OC)c2[nH]c(=O)c(CCNC(=O)C34CC5CC(CC(C5)C3)C4)cc12. The molecule has 1 amide bonds. The highest BCUT2D eigenvalue weighted by molar-refractivity contribution is 5.90. The molecule has 4 aliphatic rings. The number of amides is 1. The Morgan fingerprint density at radius 3 is 2.27 bits per heavy atom. The maximum absolute atomic E-state index is 13.1. The molecule has 1 aromatic carbocycles. The van der Waals surface area contributed by atoms with Crippen molar-refractivity contribution in [1.29, 1.82) is 0 Å². The van der Waals surface area contributed by atoms with Gasteiger partial charge in [-0.1, -0.05) is 0 Å². The van der Waals surface area contributed by atoms with Gasteiger partial charge in [-0.25, -0.2) is 0 Å². The molecule has 2 N–H and O–H groups in total. The molecule has 30 heavy (non-hydrogen) atoms. The Hall–Kier alpha value is -2.50. The van der Waals surface area contributed by atoms with E-state index in [9.17, 15) is 9.59 Å². The number of hydrogen-bond donors (Lipinski definition) is 2. The van der Waals surface area contributed by atoms with Crippen molar-refractivity contribution in [1.82, 2.24) is 10.3 Å². The highest BCUT2D eigenvalue weighted by atomic mass is 16.5. The Kier molecular flexibility index (Phi) is 4.75. The van der Waals surface area contributed by atoms with E-state index in [1.54, 1.807) is 20.3 Å². The van der Waals surface area contributed by atoms with Gasteiger partial charge in [-0.2, -0.15) is 0 Å². The van der Waals surface area contributed by atoms with E-state index in [-0.39, 0.29) is 16.9 Å². The molecule has 4 bridgehead atoms. The summed E-state index contributed by atoms with van der Waals surface area (Å²) in [5.41, 5.74) is 0.961. The zero-order chi connectivity index (χ0) is 20.9. The molecular weight excluding hydrogens is 380 g/mol. The molecule has 0 radical (unpaired) electrons. The summed E-state index contributed by atoms with van der Waals surface area (Å²) in [6, 6.07) is 5.47. The fourth-order valence-corrected chi connectivity index (χ4v) is 6.71. The van der Waals surface area contributed by atoms with Crippen LogP contribution in [0.15, 0.2) is 23.0 Å². The predicted molar refractivity (Wildman–Crippen MR) is 115 cm³/mol. The van der Waals surface area contributed by atoms with Crippen LogP contribution in [-0.4, -0.2) is 31.7 Å². The molecular formula is C24H30N2O4. The van der Waals surface area contributed by atoms with Crippen molar-refractivity contribution >= 4 is 16.8 Å². The Morgan fingerprint density at radius 1 is 1.07 bits per heavy atom. The summed E-state index contributed by atoms with van der Waals surface area (Å²) >= 11 is 0. The number of carbonyl (C=O) groups excluding carboxylic acids is 1. The molecule has 6 rings (SSSR count). The second-order valence-corrected chi connectivity index (χ2v) is 9.59. The second kappa shape index (κ2) is 7.33. The highest BCUT2D eigenvalue weighted by Gasteiger charge is 2.54. The maximum atomic E-state index is 13.1. The summed E-state index contributed by atoms with van der Waals surface area (Å²) in [7, 11) is 3.19. The Labute approximate surface area is 176 Å². The third-order valence-electron chi connectivity index (χ3n) is 7.66. The van der Waals surface area contributed by atoms with Crippen LogP contribution < -0.4 is 20.3 Å². The van der Waals surface area contributed by atoms with Crippen molar-refractivity contribution < 1.29 is 14.3 Å². The first-order valence-corrected chi connectivity index (χ1v) is 11.1. The van der Waals surface area contributed by atoms with E-state index in [0.717, 1.165) is 42.4 Å². The number of pyridine rings is 1. The number of aromatic amines is 1. The molecule has 0 atom stereocenters. The lowest BCUT2D eigenvalue weighted by Crippen LogP contribution is -2.53. The fourth-order valence-electron chi connectivity index (χ4n) is 6.71. The summed E-state index contributed by atoms with van der Waals surface area (Å²) in [6.07, 6.45) is 7.62. The van der Waals surface area contributed by atoms with Gasteiger partial charge >= 0.3 is 0 Å². The molecule has 1 aromatic heterocycles. The van der Waals surface area contributed by atoms with Gasteiger partial charge in [0.25, 0.3) is 5.56 Å². The number of fused-ring (bicyclic) bond motifs is 1. The van der Waals surface area contributed by atoms with Crippen LogP contribution in [0, 0.1) is 23.2 Å². The zero-order valence-corrected chi connectivity index (χ0v) is 17.8. The van der Waals surface area contributed by atoms with E-state index in [1.165, 1.54) is 19.3 Å². The molecule has 0 unspecified atom stereocenters. The topological polar surface area (TPSA) is 80.4 Å². The molecule has 160 valence electrons. The van der Waals surface area contributed by atoms with Gasteiger partial charge in [0, 0.05) is 22.9 Å². The van der Waals surface area contributed by atoms with Gasteiger partial charge in [-0.3, -0.25) is 9.59 Å². The average molecular weight is 411 g/mol. The summed E-state index contributed by atoms with van der Waals surface area (Å²) in [4.78, 5) is 28.7. The molecule has 4 saturated carbocycles. The van der Waals surface area contributed by atoms with E-state index in [0.29, 0.717) is 35.5 Å². The lowest BCUT2D eigenvalue weighted by Gasteiger charge is -2.55. The molecule has 2 aromatic rings. The minimum atomic E-state index is -0.155. The summed E-state index contributed by atoms with van der Waals surface area (Å²) < 4.78 is 10.8. The van der Waals surface area contributed by atoms with Crippen LogP contribution in [0.4, 0.5) is 0 Å². The van der Waals surface area contributed by atoms with Crippen molar-refractivity contribution in [3.05, 3.63) is 34.1 Å². The molecule has 1 heterocycles. The smallest absolute Gasteiger partial charge is 0.251 e. The number of benzene rings is 1. The minimum absolute atomic E-state index is 0.152. The standard InChI is InChI=1S/C24H30N2O4/c1-29-19-3-4-20(30-2)21-18(19)10-17(22(27)26-21)5-6-25-23(28)24-11-14-7-15(12-24)9-16(8-14)13-24/h3-4,10,14-16H,5-9,11-13H2,1-2H3,(H,25,28)(H,26,27).